The predicted octanol–water partition coefficient (Wildman–Crippen LogP) is 5.90. The van der Waals surface area contributed by atoms with Gasteiger partial charge < -0.3 is 10.2 Å². The summed E-state index contributed by atoms with van der Waals surface area (Å²) >= 11 is 0. The molecule has 0 fully saturated rings. The van der Waals surface area contributed by atoms with Crippen molar-refractivity contribution in [2.24, 2.45) is 0 Å². The Morgan fingerprint density at radius 2 is 0.960 bits per heavy atom. The van der Waals surface area contributed by atoms with Gasteiger partial charge in [0.25, 0.3) is 0 Å². The molecule has 0 aliphatic rings. The number of benzene rings is 2. The summed E-state index contributed by atoms with van der Waals surface area (Å²) in [6.45, 7) is 16.6. The van der Waals surface area contributed by atoms with E-state index >= 15 is 0 Å². The Bertz CT molecular complexity index is 720. The highest BCUT2D eigenvalue weighted by molar-refractivity contribution is 5.55. The molecule has 0 bridgehead atoms. The lowest BCUT2D eigenvalue weighted by atomic mass is 9.81. The van der Waals surface area contributed by atoms with Crippen molar-refractivity contribution in [2.45, 2.75) is 72.6 Å². The van der Waals surface area contributed by atoms with Crippen LogP contribution in [0, 0.1) is 13.8 Å². The standard InChI is InChI=1S/C23H32O2/c1-14-9-11-18(22(3,4)5)20(24)16(14)13-17-15(2)10-12-19(21(17)25)23(6,7)8/h9-12,24-25H,13H2,1-8H3. The van der Waals surface area contributed by atoms with Crippen molar-refractivity contribution in [3.63, 3.8) is 0 Å². The normalized spacial score (nSPS) is 12.5. The second-order valence-corrected chi connectivity index (χ2v) is 9.19. The van der Waals surface area contributed by atoms with Gasteiger partial charge in [0.05, 0.1) is 0 Å². The van der Waals surface area contributed by atoms with E-state index in [2.05, 4.69) is 53.7 Å². The van der Waals surface area contributed by atoms with E-state index in [1.54, 1.807) is 0 Å². The lowest BCUT2D eigenvalue weighted by Gasteiger charge is -2.25. The summed E-state index contributed by atoms with van der Waals surface area (Å²) in [5, 5.41) is 21.8. The maximum absolute atomic E-state index is 10.9. The predicted molar refractivity (Wildman–Crippen MR) is 106 cm³/mol. The lowest BCUT2D eigenvalue weighted by molar-refractivity contribution is 0.435. The lowest BCUT2D eigenvalue weighted by Crippen LogP contribution is -2.14. The van der Waals surface area contributed by atoms with Gasteiger partial charge in [-0.05, 0) is 46.9 Å². The van der Waals surface area contributed by atoms with Crippen molar-refractivity contribution >= 4 is 0 Å². The first-order chi connectivity index (χ1) is 11.3. The molecule has 2 heteroatoms. The molecule has 2 N–H and O–H groups in total. The second kappa shape index (κ2) is 6.40. The first-order valence-electron chi connectivity index (χ1n) is 8.98. The molecule has 0 heterocycles. The van der Waals surface area contributed by atoms with Gasteiger partial charge in [-0.3, -0.25) is 0 Å². The molecule has 2 aromatic carbocycles. The van der Waals surface area contributed by atoms with Crippen molar-refractivity contribution in [1.82, 2.24) is 0 Å². The molecule has 2 aromatic rings. The van der Waals surface area contributed by atoms with Crippen LogP contribution in [0.2, 0.25) is 0 Å². The number of hydrogen-bond acceptors (Lipinski definition) is 2. The van der Waals surface area contributed by atoms with E-state index in [-0.39, 0.29) is 10.8 Å². The fraction of sp³-hybridized carbons (Fsp3) is 0.478. The van der Waals surface area contributed by atoms with Crippen LogP contribution in [0.25, 0.3) is 0 Å². The van der Waals surface area contributed by atoms with Crippen LogP contribution < -0.4 is 0 Å². The summed E-state index contributed by atoms with van der Waals surface area (Å²) in [5.74, 6) is 0.708. The Balaban J connectivity index is 2.62. The highest BCUT2D eigenvalue weighted by Crippen LogP contribution is 2.40. The summed E-state index contributed by atoms with van der Waals surface area (Å²) in [6.07, 6.45) is 0.531. The number of aryl methyl sites for hydroxylation is 2. The van der Waals surface area contributed by atoms with Gasteiger partial charge in [-0.2, -0.15) is 0 Å². The number of phenols is 2. The molecule has 0 radical (unpaired) electrons. The molecule has 0 aromatic heterocycles. The minimum absolute atomic E-state index is 0.128. The van der Waals surface area contributed by atoms with Crippen LogP contribution in [0.5, 0.6) is 11.5 Å². The molecule has 2 nitrogen and oxygen atoms in total. The summed E-state index contributed by atoms with van der Waals surface area (Å²) in [6, 6.07) is 8.14. The van der Waals surface area contributed by atoms with E-state index < -0.39 is 0 Å². The van der Waals surface area contributed by atoms with Crippen molar-refractivity contribution in [2.75, 3.05) is 0 Å². The van der Waals surface area contributed by atoms with E-state index in [1.165, 1.54) is 0 Å². The van der Waals surface area contributed by atoms with Gasteiger partial charge in [-0.1, -0.05) is 65.8 Å². The van der Waals surface area contributed by atoms with Crippen LogP contribution in [0.3, 0.4) is 0 Å². The summed E-state index contributed by atoms with van der Waals surface area (Å²) < 4.78 is 0. The molecule has 0 saturated carbocycles. The van der Waals surface area contributed by atoms with Crippen molar-refractivity contribution < 1.29 is 10.2 Å². The zero-order valence-electron chi connectivity index (χ0n) is 16.9. The molecule has 0 aliphatic carbocycles. The molecular weight excluding hydrogens is 308 g/mol. The molecule has 0 atom stereocenters. The van der Waals surface area contributed by atoms with E-state index in [4.69, 9.17) is 0 Å². The maximum Gasteiger partial charge on any atom is 0.123 e. The molecule has 0 unspecified atom stereocenters. The monoisotopic (exact) mass is 340 g/mol. The average Bonchev–Trinajstić information content (AvgIpc) is 2.43. The topological polar surface area (TPSA) is 40.5 Å². The first-order valence-corrected chi connectivity index (χ1v) is 8.98. The van der Waals surface area contributed by atoms with Crippen LogP contribution in [0.15, 0.2) is 24.3 Å². The molecule has 0 amide bonds. The fourth-order valence-corrected chi connectivity index (χ4v) is 3.31. The van der Waals surface area contributed by atoms with E-state index in [0.29, 0.717) is 17.9 Å². The summed E-state index contributed by atoms with van der Waals surface area (Å²) in [4.78, 5) is 0. The van der Waals surface area contributed by atoms with Gasteiger partial charge in [0, 0.05) is 17.5 Å². The third-order valence-corrected chi connectivity index (χ3v) is 5.00. The molecule has 2 rings (SSSR count). The largest absolute Gasteiger partial charge is 0.507 e. The number of phenolic OH excluding ortho intramolecular Hbond substituents is 2. The maximum atomic E-state index is 10.9. The van der Waals surface area contributed by atoms with Crippen LogP contribution in [-0.2, 0) is 17.3 Å². The van der Waals surface area contributed by atoms with E-state index in [0.717, 1.165) is 33.4 Å². The SMILES string of the molecule is Cc1ccc(C(C)(C)C)c(O)c1Cc1c(C)ccc(C(C)(C)C)c1O. The third-order valence-electron chi connectivity index (χ3n) is 5.00. The van der Waals surface area contributed by atoms with Crippen LogP contribution in [0.4, 0.5) is 0 Å². The highest BCUT2D eigenvalue weighted by atomic mass is 16.3. The molecular formula is C23H32O2. The van der Waals surface area contributed by atoms with Gasteiger partial charge >= 0.3 is 0 Å². The van der Waals surface area contributed by atoms with Gasteiger partial charge in [-0.15, -0.1) is 0 Å². The van der Waals surface area contributed by atoms with Crippen LogP contribution in [-0.4, -0.2) is 10.2 Å². The smallest absolute Gasteiger partial charge is 0.123 e. The van der Waals surface area contributed by atoms with Crippen molar-refractivity contribution in [1.29, 1.82) is 0 Å². The Hall–Kier alpha value is -1.96. The number of aromatic hydroxyl groups is 2. The van der Waals surface area contributed by atoms with Gasteiger partial charge in [-0.25, -0.2) is 0 Å². The molecule has 0 spiro atoms. The number of rotatable bonds is 2. The highest BCUT2D eigenvalue weighted by Gasteiger charge is 2.24. The average molecular weight is 341 g/mol. The Kier molecular flexibility index (Phi) is 4.96. The Morgan fingerprint density at radius 1 is 0.640 bits per heavy atom. The van der Waals surface area contributed by atoms with Gasteiger partial charge in [0.2, 0.25) is 0 Å². The van der Waals surface area contributed by atoms with Crippen molar-refractivity contribution in [3.05, 3.63) is 57.6 Å². The third kappa shape index (κ3) is 3.84. The summed E-state index contributed by atoms with van der Waals surface area (Å²) in [7, 11) is 0. The molecule has 0 saturated heterocycles. The fourth-order valence-electron chi connectivity index (χ4n) is 3.31. The first kappa shape index (κ1) is 19.4. The quantitative estimate of drug-likeness (QED) is 0.714. The van der Waals surface area contributed by atoms with Crippen LogP contribution in [0.1, 0.15) is 74.9 Å². The summed E-state index contributed by atoms with van der Waals surface area (Å²) in [5.41, 5.74) is 5.52. The zero-order chi connectivity index (χ0) is 19.2. The van der Waals surface area contributed by atoms with Crippen molar-refractivity contribution in [3.8, 4) is 11.5 Å². The molecule has 25 heavy (non-hydrogen) atoms. The van der Waals surface area contributed by atoms with Gasteiger partial charge in [0.1, 0.15) is 11.5 Å². The minimum atomic E-state index is -0.128. The molecule has 136 valence electrons. The number of hydrogen-bond donors (Lipinski definition) is 2. The molecule has 0 aliphatic heterocycles. The zero-order valence-corrected chi connectivity index (χ0v) is 16.9. The van der Waals surface area contributed by atoms with E-state index in [9.17, 15) is 10.2 Å². The second-order valence-electron chi connectivity index (χ2n) is 9.19. The van der Waals surface area contributed by atoms with Crippen LogP contribution >= 0.6 is 0 Å². The van der Waals surface area contributed by atoms with Gasteiger partial charge in [0.15, 0.2) is 0 Å². The van der Waals surface area contributed by atoms with E-state index in [1.807, 2.05) is 26.0 Å². The minimum Gasteiger partial charge on any atom is -0.507 e. The Labute approximate surface area is 152 Å². The Morgan fingerprint density at radius 3 is 1.24 bits per heavy atom.